The normalized spacial score (nSPS) is 12.3. The van der Waals surface area contributed by atoms with Gasteiger partial charge in [0.2, 0.25) is 0 Å². The van der Waals surface area contributed by atoms with Gasteiger partial charge in [0.1, 0.15) is 11.9 Å². The maximum absolute atomic E-state index is 7.25. The summed E-state index contributed by atoms with van der Waals surface area (Å²) in [6, 6.07) is 14.0. The first-order valence-corrected chi connectivity index (χ1v) is 5.64. The summed E-state index contributed by atoms with van der Waals surface area (Å²) in [7, 11) is 0. The zero-order valence-electron chi connectivity index (χ0n) is 9.81. The molecule has 0 aliphatic heterocycles. The number of hydrogen-bond acceptors (Lipinski definition) is 2. The molecule has 0 amide bonds. The van der Waals surface area contributed by atoms with Gasteiger partial charge in [-0.2, -0.15) is 0 Å². The second kappa shape index (κ2) is 4.87. The molecule has 0 heterocycles. The second-order valence-corrected chi connectivity index (χ2v) is 4.14. The largest absolute Gasteiger partial charge is 0.490 e. The first-order chi connectivity index (χ1) is 8.16. The molecule has 1 unspecified atom stereocenters. The van der Waals surface area contributed by atoms with Gasteiger partial charge in [0.25, 0.3) is 0 Å². The molecule has 0 aromatic heterocycles. The van der Waals surface area contributed by atoms with Gasteiger partial charge in [0.05, 0.1) is 5.84 Å². The maximum Gasteiger partial charge on any atom is 0.127 e. The number of rotatable bonds is 4. The Morgan fingerprint density at radius 2 is 1.94 bits per heavy atom. The van der Waals surface area contributed by atoms with Gasteiger partial charge in [-0.1, -0.05) is 36.4 Å². The fourth-order valence-corrected chi connectivity index (χ4v) is 1.87. The van der Waals surface area contributed by atoms with Gasteiger partial charge in [0, 0.05) is 11.8 Å². The van der Waals surface area contributed by atoms with Gasteiger partial charge in [-0.15, -0.1) is 0 Å². The van der Waals surface area contributed by atoms with Crippen LogP contribution in [0.5, 0.6) is 5.75 Å². The molecule has 1 atom stereocenters. The van der Waals surface area contributed by atoms with Crippen LogP contribution in [0.3, 0.4) is 0 Å². The molecule has 0 saturated carbocycles. The van der Waals surface area contributed by atoms with Gasteiger partial charge in [-0.25, -0.2) is 0 Å². The smallest absolute Gasteiger partial charge is 0.127 e. The van der Waals surface area contributed by atoms with Crippen molar-refractivity contribution in [1.82, 2.24) is 0 Å². The van der Waals surface area contributed by atoms with Crippen molar-refractivity contribution < 1.29 is 4.74 Å². The molecule has 0 radical (unpaired) electrons. The minimum absolute atomic E-state index is 0.0849. The van der Waals surface area contributed by atoms with Gasteiger partial charge in [-0.05, 0) is 18.4 Å². The third kappa shape index (κ3) is 2.75. The summed E-state index contributed by atoms with van der Waals surface area (Å²) in [5.74, 6) is 0.995. The number of ether oxygens (including phenoxy) is 1. The van der Waals surface area contributed by atoms with E-state index in [1.54, 1.807) is 0 Å². The van der Waals surface area contributed by atoms with Crippen molar-refractivity contribution in [2.45, 2.75) is 19.4 Å². The fourth-order valence-electron chi connectivity index (χ4n) is 1.87. The molecule has 2 rings (SSSR count). The molecule has 17 heavy (non-hydrogen) atoms. The molecule has 3 heteroatoms. The lowest BCUT2D eigenvalue weighted by atomic mass is 10.1. The van der Waals surface area contributed by atoms with Crippen LogP contribution in [-0.2, 0) is 0 Å². The topological polar surface area (TPSA) is 59.1 Å². The quantitative estimate of drug-likeness (QED) is 0.624. The van der Waals surface area contributed by atoms with E-state index in [1.165, 1.54) is 0 Å². The van der Waals surface area contributed by atoms with E-state index in [1.807, 2.05) is 37.3 Å². The minimum Gasteiger partial charge on any atom is -0.490 e. The molecule has 0 aliphatic carbocycles. The molecule has 88 valence electrons. The van der Waals surface area contributed by atoms with Crippen LogP contribution in [-0.4, -0.2) is 11.9 Å². The maximum atomic E-state index is 7.25. The highest BCUT2D eigenvalue weighted by molar-refractivity contribution is 5.88. The average molecular weight is 228 g/mol. The molecule has 0 aliphatic rings. The fraction of sp³-hybridized carbons (Fsp3) is 0.214. The number of nitrogens with one attached hydrogen (secondary N) is 1. The van der Waals surface area contributed by atoms with Crippen LogP contribution in [0.1, 0.15) is 13.3 Å². The van der Waals surface area contributed by atoms with E-state index in [9.17, 15) is 0 Å². The zero-order valence-corrected chi connectivity index (χ0v) is 9.81. The highest BCUT2D eigenvalue weighted by Crippen LogP contribution is 2.26. The summed E-state index contributed by atoms with van der Waals surface area (Å²) in [6.07, 6.45) is 0.363. The van der Waals surface area contributed by atoms with Crippen LogP contribution in [0.25, 0.3) is 10.8 Å². The van der Waals surface area contributed by atoms with E-state index in [2.05, 4.69) is 12.1 Å². The molecule has 0 saturated heterocycles. The van der Waals surface area contributed by atoms with Crippen molar-refractivity contribution in [2.75, 3.05) is 0 Å². The SMILES string of the molecule is CC(CC(=N)N)Oc1cccc2ccccc12. The van der Waals surface area contributed by atoms with E-state index >= 15 is 0 Å². The van der Waals surface area contributed by atoms with E-state index in [-0.39, 0.29) is 11.9 Å². The van der Waals surface area contributed by atoms with Gasteiger partial charge >= 0.3 is 0 Å². The summed E-state index contributed by atoms with van der Waals surface area (Å²) in [5.41, 5.74) is 5.36. The minimum atomic E-state index is -0.0849. The summed E-state index contributed by atoms with van der Waals surface area (Å²) in [4.78, 5) is 0. The molecular formula is C14H16N2O. The Hall–Kier alpha value is -2.03. The van der Waals surface area contributed by atoms with Crippen LogP contribution >= 0.6 is 0 Å². The van der Waals surface area contributed by atoms with Crippen LogP contribution in [0.2, 0.25) is 0 Å². The van der Waals surface area contributed by atoms with Crippen molar-refractivity contribution in [3.8, 4) is 5.75 Å². The third-order valence-electron chi connectivity index (χ3n) is 2.59. The van der Waals surface area contributed by atoms with E-state index < -0.39 is 0 Å². The van der Waals surface area contributed by atoms with Gasteiger partial charge in [0.15, 0.2) is 0 Å². The predicted octanol–water partition coefficient (Wildman–Crippen LogP) is 2.93. The van der Waals surface area contributed by atoms with Crippen LogP contribution in [0, 0.1) is 5.41 Å². The Kier molecular flexibility index (Phi) is 3.28. The molecule has 3 nitrogen and oxygen atoms in total. The van der Waals surface area contributed by atoms with E-state index in [0.717, 1.165) is 16.5 Å². The first kappa shape index (κ1) is 11.5. The number of benzene rings is 2. The van der Waals surface area contributed by atoms with Crippen molar-refractivity contribution in [3.63, 3.8) is 0 Å². The number of fused-ring (bicyclic) bond motifs is 1. The lowest BCUT2D eigenvalue weighted by Crippen LogP contribution is -2.21. The number of amidine groups is 1. The molecule has 0 fully saturated rings. The van der Waals surface area contributed by atoms with Crippen molar-refractivity contribution >= 4 is 16.6 Å². The third-order valence-corrected chi connectivity index (χ3v) is 2.59. The van der Waals surface area contributed by atoms with Gasteiger partial charge < -0.3 is 10.5 Å². The Labute approximate surface area is 101 Å². The van der Waals surface area contributed by atoms with Crippen LogP contribution in [0.15, 0.2) is 42.5 Å². The Bertz CT molecular complexity index is 531. The standard InChI is InChI=1S/C14H16N2O/c1-10(9-14(15)16)17-13-8-4-6-11-5-2-3-7-12(11)13/h2-8,10H,9H2,1H3,(H3,15,16). The van der Waals surface area contributed by atoms with Crippen LogP contribution < -0.4 is 10.5 Å². The molecular weight excluding hydrogens is 212 g/mol. The van der Waals surface area contributed by atoms with Crippen LogP contribution in [0.4, 0.5) is 0 Å². The molecule has 2 aromatic carbocycles. The molecule has 3 N–H and O–H groups in total. The monoisotopic (exact) mass is 228 g/mol. The predicted molar refractivity (Wildman–Crippen MR) is 70.6 cm³/mol. The highest BCUT2D eigenvalue weighted by Gasteiger charge is 2.07. The van der Waals surface area contributed by atoms with Gasteiger partial charge in [-0.3, -0.25) is 5.41 Å². The highest BCUT2D eigenvalue weighted by atomic mass is 16.5. The summed E-state index contributed by atoms with van der Waals surface area (Å²) in [5, 5.41) is 9.49. The molecule has 0 bridgehead atoms. The lowest BCUT2D eigenvalue weighted by molar-refractivity contribution is 0.232. The molecule has 0 spiro atoms. The summed E-state index contributed by atoms with van der Waals surface area (Å²) in [6.45, 7) is 1.92. The number of hydrogen-bond donors (Lipinski definition) is 2. The summed E-state index contributed by atoms with van der Waals surface area (Å²) >= 11 is 0. The Morgan fingerprint density at radius 1 is 1.24 bits per heavy atom. The molecule has 2 aromatic rings. The van der Waals surface area contributed by atoms with Crippen molar-refractivity contribution in [3.05, 3.63) is 42.5 Å². The second-order valence-electron chi connectivity index (χ2n) is 4.14. The van der Waals surface area contributed by atoms with E-state index in [0.29, 0.717) is 6.42 Å². The first-order valence-electron chi connectivity index (χ1n) is 5.64. The number of nitrogens with two attached hydrogens (primary N) is 1. The lowest BCUT2D eigenvalue weighted by Gasteiger charge is -2.15. The summed E-state index contributed by atoms with van der Waals surface area (Å²) < 4.78 is 5.82. The van der Waals surface area contributed by atoms with E-state index in [4.69, 9.17) is 15.9 Å². The Balaban J connectivity index is 2.26. The Morgan fingerprint density at radius 3 is 2.71 bits per heavy atom. The van der Waals surface area contributed by atoms with Crippen molar-refractivity contribution in [2.24, 2.45) is 5.73 Å². The van der Waals surface area contributed by atoms with Crippen molar-refractivity contribution in [1.29, 1.82) is 5.41 Å². The zero-order chi connectivity index (χ0) is 12.3. The average Bonchev–Trinajstić information content (AvgIpc) is 2.28.